The smallest absolute Gasteiger partial charge is 0.0431 e. The minimum Gasteiger partial charge on any atom is -0.396 e. The summed E-state index contributed by atoms with van der Waals surface area (Å²) < 4.78 is 0. The van der Waals surface area contributed by atoms with Crippen LogP contribution in [0.2, 0.25) is 0 Å². The second kappa shape index (κ2) is 8.28. The minimum atomic E-state index is 0.365. The first-order valence-corrected chi connectivity index (χ1v) is 6.17. The third-order valence-corrected chi connectivity index (χ3v) is 2.58. The van der Waals surface area contributed by atoms with Crippen molar-refractivity contribution in [2.45, 2.75) is 72.1 Å². The van der Waals surface area contributed by atoms with Crippen molar-refractivity contribution in [1.29, 1.82) is 0 Å². The van der Waals surface area contributed by atoms with E-state index in [1.807, 2.05) is 0 Å². The maximum Gasteiger partial charge on any atom is 0.0431 e. The van der Waals surface area contributed by atoms with E-state index in [4.69, 9.17) is 5.11 Å². The normalized spacial score (nSPS) is 12.0. The molecule has 1 N–H and O–H groups in total. The Kier molecular flexibility index (Phi) is 8.26. The van der Waals surface area contributed by atoms with Crippen LogP contribution >= 0.6 is 0 Å². The Hall–Kier alpha value is -0.0400. The molecule has 1 nitrogen and oxygen atoms in total. The van der Waals surface area contributed by atoms with Crippen LogP contribution in [0.4, 0.5) is 0 Å². The van der Waals surface area contributed by atoms with Crippen molar-refractivity contribution in [2.24, 2.45) is 5.41 Å². The largest absolute Gasteiger partial charge is 0.396 e. The van der Waals surface area contributed by atoms with E-state index in [2.05, 4.69) is 20.8 Å². The number of hydrogen-bond donors (Lipinski definition) is 1. The van der Waals surface area contributed by atoms with E-state index >= 15 is 0 Å². The topological polar surface area (TPSA) is 20.2 Å². The van der Waals surface area contributed by atoms with Gasteiger partial charge in [0.1, 0.15) is 0 Å². The molecule has 0 aliphatic carbocycles. The number of unbranched alkanes of at least 4 members (excludes halogenated alkanes) is 6. The molecule has 0 saturated heterocycles. The molecule has 0 fully saturated rings. The first-order chi connectivity index (χ1) is 6.56. The van der Waals surface area contributed by atoms with Gasteiger partial charge in [0, 0.05) is 6.61 Å². The van der Waals surface area contributed by atoms with Crippen molar-refractivity contribution in [3.8, 4) is 0 Å². The Balaban J connectivity index is 2.99. The molecule has 0 aromatic rings. The Morgan fingerprint density at radius 2 is 1.14 bits per heavy atom. The van der Waals surface area contributed by atoms with Crippen LogP contribution in [0.15, 0.2) is 0 Å². The van der Waals surface area contributed by atoms with Gasteiger partial charge in [-0.15, -0.1) is 0 Å². The number of hydrogen-bond acceptors (Lipinski definition) is 1. The zero-order valence-electron chi connectivity index (χ0n) is 10.3. The van der Waals surface area contributed by atoms with Gasteiger partial charge in [0.25, 0.3) is 0 Å². The molecule has 1 heteroatoms. The average Bonchev–Trinajstić information content (AvgIpc) is 2.08. The first kappa shape index (κ1) is 14.0. The molecule has 0 amide bonds. The summed E-state index contributed by atoms with van der Waals surface area (Å²) in [6.07, 6.45) is 10.3. The van der Waals surface area contributed by atoms with E-state index in [-0.39, 0.29) is 0 Å². The predicted octanol–water partition coefficient (Wildman–Crippen LogP) is 4.15. The van der Waals surface area contributed by atoms with Crippen LogP contribution in [-0.2, 0) is 0 Å². The Morgan fingerprint density at radius 1 is 0.714 bits per heavy atom. The molecule has 0 aliphatic heterocycles. The van der Waals surface area contributed by atoms with Gasteiger partial charge in [-0.2, -0.15) is 0 Å². The molecular formula is C13H28O. The van der Waals surface area contributed by atoms with Gasteiger partial charge in [0.2, 0.25) is 0 Å². The van der Waals surface area contributed by atoms with E-state index in [9.17, 15) is 0 Å². The molecule has 0 saturated carbocycles. The first-order valence-electron chi connectivity index (χ1n) is 6.17. The summed E-state index contributed by atoms with van der Waals surface area (Å²) in [5.41, 5.74) is 0.511. The molecule has 0 unspecified atom stereocenters. The molecule has 0 heterocycles. The summed E-state index contributed by atoms with van der Waals surface area (Å²) in [7, 11) is 0. The Labute approximate surface area is 89.9 Å². The molecule has 0 spiro atoms. The van der Waals surface area contributed by atoms with Crippen molar-refractivity contribution in [3.05, 3.63) is 0 Å². The highest BCUT2D eigenvalue weighted by Gasteiger charge is 2.08. The summed E-state index contributed by atoms with van der Waals surface area (Å²) in [6, 6.07) is 0. The highest BCUT2D eigenvalue weighted by Crippen LogP contribution is 2.22. The van der Waals surface area contributed by atoms with Gasteiger partial charge < -0.3 is 5.11 Å². The van der Waals surface area contributed by atoms with Gasteiger partial charge in [-0.05, 0) is 18.3 Å². The Morgan fingerprint density at radius 3 is 1.57 bits per heavy atom. The zero-order chi connectivity index (χ0) is 10.9. The lowest BCUT2D eigenvalue weighted by atomic mass is 9.89. The van der Waals surface area contributed by atoms with Crippen LogP contribution in [0, 0.1) is 5.41 Å². The Bertz CT molecular complexity index is 113. The van der Waals surface area contributed by atoms with Crippen molar-refractivity contribution in [3.63, 3.8) is 0 Å². The highest BCUT2D eigenvalue weighted by atomic mass is 16.2. The van der Waals surface area contributed by atoms with Gasteiger partial charge in [0.15, 0.2) is 0 Å². The lowest BCUT2D eigenvalue weighted by molar-refractivity contribution is 0.282. The molecule has 0 bridgehead atoms. The van der Waals surface area contributed by atoms with Crippen LogP contribution in [0.5, 0.6) is 0 Å². The van der Waals surface area contributed by atoms with E-state index in [0.717, 1.165) is 6.42 Å². The number of aliphatic hydroxyl groups excluding tert-OH is 1. The monoisotopic (exact) mass is 200 g/mol. The molecule has 0 atom stereocenters. The molecule has 0 radical (unpaired) electrons. The quantitative estimate of drug-likeness (QED) is 0.584. The zero-order valence-corrected chi connectivity index (χ0v) is 10.3. The molecule has 0 aliphatic rings. The summed E-state index contributed by atoms with van der Waals surface area (Å²) in [4.78, 5) is 0. The third-order valence-electron chi connectivity index (χ3n) is 2.58. The van der Waals surface area contributed by atoms with Crippen molar-refractivity contribution in [1.82, 2.24) is 0 Å². The van der Waals surface area contributed by atoms with Crippen molar-refractivity contribution < 1.29 is 5.11 Å². The molecule has 0 rings (SSSR count). The molecular weight excluding hydrogens is 172 g/mol. The SMILES string of the molecule is CC(C)(C)CCCCCCCCCO. The highest BCUT2D eigenvalue weighted by molar-refractivity contribution is 4.60. The number of aliphatic hydroxyl groups is 1. The molecule has 0 aromatic heterocycles. The van der Waals surface area contributed by atoms with E-state index in [1.54, 1.807) is 0 Å². The fourth-order valence-corrected chi connectivity index (χ4v) is 1.65. The second-order valence-electron chi connectivity index (χ2n) is 5.51. The average molecular weight is 200 g/mol. The van der Waals surface area contributed by atoms with Crippen LogP contribution in [0.3, 0.4) is 0 Å². The standard InChI is InChI=1S/C13H28O/c1-13(2,3)11-9-7-5-4-6-8-10-12-14/h14H,4-12H2,1-3H3. The summed E-state index contributed by atoms with van der Waals surface area (Å²) >= 11 is 0. The van der Waals surface area contributed by atoms with Gasteiger partial charge in [-0.25, -0.2) is 0 Å². The van der Waals surface area contributed by atoms with Crippen LogP contribution in [0.25, 0.3) is 0 Å². The van der Waals surface area contributed by atoms with Crippen LogP contribution in [-0.4, -0.2) is 11.7 Å². The maximum absolute atomic E-state index is 8.60. The minimum absolute atomic E-state index is 0.365. The van der Waals surface area contributed by atoms with Crippen LogP contribution < -0.4 is 0 Å². The molecule has 0 aromatic carbocycles. The predicted molar refractivity (Wildman–Crippen MR) is 63.5 cm³/mol. The maximum atomic E-state index is 8.60. The van der Waals surface area contributed by atoms with E-state index < -0.39 is 0 Å². The summed E-state index contributed by atoms with van der Waals surface area (Å²) in [5.74, 6) is 0. The van der Waals surface area contributed by atoms with Gasteiger partial charge in [-0.3, -0.25) is 0 Å². The third kappa shape index (κ3) is 12.0. The fourth-order valence-electron chi connectivity index (χ4n) is 1.65. The van der Waals surface area contributed by atoms with Gasteiger partial charge in [0.05, 0.1) is 0 Å². The lowest BCUT2D eigenvalue weighted by Crippen LogP contribution is -2.03. The molecule has 14 heavy (non-hydrogen) atoms. The van der Waals surface area contributed by atoms with E-state index in [1.165, 1.54) is 44.9 Å². The van der Waals surface area contributed by atoms with Crippen molar-refractivity contribution in [2.75, 3.05) is 6.61 Å². The molecule has 86 valence electrons. The van der Waals surface area contributed by atoms with Crippen LogP contribution in [0.1, 0.15) is 72.1 Å². The van der Waals surface area contributed by atoms with Gasteiger partial charge in [-0.1, -0.05) is 59.3 Å². The van der Waals surface area contributed by atoms with Gasteiger partial charge >= 0.3 is 0 Å². The number of rotatable bonds is 8. The fraction of sp³-hybridized carbons (Fsp3) is 1.00. The lowest BCUT2D eigenvalue weighted by Gasteiger charge is -2.17. The summed E-state index contributed by atoms with van der Waals surface area (Å²) in [6.45, 7) is 7.31. The van der Waals surface area contributed by atoms with E-state index in [0.29, 0.717) is 12.0 Å². The van der Waals surface area contributed by atoms with Crippen molar-refractivity contribution >= 4 is 0 Å². The second-order valence-corrected chi connectivity index (χ2v) is 5.51. The summed E-state index contributed by atoms with van der Waals surface area (Å²) in [5, 5.41) is 8.60.